The number of hydrogen-bond acceptors (Lipinski definition) is 2. The van der Waals surface area contributed by atoms with E-state index in [-0.39, 0.29) is 0 Å². The van der Waals surface area contributed by atoms with Crippen molar-refractivity contribution in [2.75, 3.05) is 5.32 Å². The first-order valence-corrected chi connectivity index (χ1v) is 5.68. The van der Waals surface area contributed by atoms with Gasteiger partial charge in [-0.25, -0.2) is 0 Å². The lowest BCUT2D eigenvalue weighted by Gasteiger charge is -2.26. The van der Waals surface area contributed by atoms with E-state index in [0.29, 0.717) is 19.1 Å². The van der Waals surface area contributed by atoms with E-state index in [9.17, 15) is 31.1 Å². The molecule has 1 rings (SSSR count). The Labute approximate surface area is 120 Å². The maximum Gasteiger partial charge on any atom is 0.416 e. The Hall–Kier alpha value is -1.48. The lowest BCUT2D eigenvalue weighted by molar-refractivity contribution is -0.184. The molecule has 10 heteroatoms. The highest BCUT2D eigenvalue weighted by Gasteiger charge is 2.54. The Kier molecular flexibility index (Phi) is 4.50. The zero-order valence-electron chi connectivity index (χ0n) is 10.4. The summed E-state index contributed by atoms with van der Waals surface area (Å²) in [6, 6.07) is 1.80. The molecule has 0 aromatic heterocycles. The molecular weight excluding hydrogens is 326 g/mol. The van der Waals surface area contributed by atoms with Gasteiger partial charge in [-0.2, -0.15) is 26.3 Å². The molecule has 0 aliphatic carbocycles. The van der Waals surface area contributed by atoms with Crippen LogP contribution in [-0.4, -0.2) is 17.6 Å². The van der Waals surface area contributed by atoms with Crippen LogP contribution in [0.4, 0.5) is 32.0 Å². The van der Waals surface area contributed by atoms with Crippen LogP contribution >= 0.6 is 11.6 Å². The van der Waals surface area contributed by atoms with E-state index in [4.69, 9.17) is 17.3 Å². The van der Waals surface area contributed by atoms with Gasteiger partial charge in [-0.3, -0.25) is 4.79 Å². The molecule has 118 valence electrons. The number of benzene rings is 1. The SMILES string of the molecule is CC(N)(C(=O)Nc1ccc(C(F)(F)F)cc1Cl)C(F)(F)F. The largest absolute Gasteiger partial charge is 0.416 e. The maximum atomic E-state index is 12.5. The predicted octanol–water partition coefficient (Wildman–Crippen LogP) is 3.58. The van der Waals surface area contributed by atoms with E-state index in [1.807, 2.05) is 0 Å². The molecule has 0 heterocycles. The Morgan fingerprint density at radius 3 is 2.10 bits per heavy atom. The Morgan fingerprint density at radius 1 is 1.19 bits per heavy atom. The second kappa shape index (κ2) is 5.38. The van der Waals surface area contributed by atoms with Gasteiger partial charge in [0.2, 0.25) is 0 Å². The number of amides is 1. The molecule has 1 aromatic carbocycles. The minimum absolute atomic E-state index is 0.407. The van der Waals surface area contributed by atoms with Gasteiger partial charge in [0, 0.05) is 0 Å². The van der Waals surface area contributed by atoms with Crippen molar-refractivity contribution in [2.24, 2.45) is 5.73 Å². The number of rotatable bonds is 2. The van der Waals surface area contributed by atoms with Crippen LogP contribution in [0.1, 0.15) is 12.5 Å². The third kappa shape index (κ3) is 3.79. The van der Waals surface area contributed by atoms with Gasteiger partial charge in [-0.05, 0) is 25.1 Å². The number of anilines is 1. The van der Waals surface area contributed by atoms with E-state index in [1.54, 1.807) is 5.32 Å². The number of nitrogens with one attached hydrogen (secondary N) is 1. The minimum Gasteiger partial charge on any atom is -0.323 e. The third-order valence-electron chi connectivity index (χ3n) is 2.61. The molecule has 0 radical (unpaired) electrons. The van der Waals surface area contributed by atoms with Crippen molar-refractivity contribution in [1.29, 1.82) is 0 Å². The van der Waals surface area contributed by atoms with E-state index >= 15 is 0 Å². The summed E-state index contributed by atoms with van der Waals surface area (Å²) in [6.45, 7) is 0.431. The Bertz CT molecular complexity index is 553. The van der Waals surface area contributed by atoms with Gasteiger partial charge in [-0.15, -0.1) is 0 Å². The first-order valence-electron chi connectivity index (χ1n) is 5.30. The zero-order valence-corrected chi connectivity index (χ0v) is 11.1. The smallest absolute Gasteiger partial charge is 0.323 e. The highest BCUT2D eigenvalue weighted by Crippen LogP contribution is 2.35. The van der Waals surface area contributed by atoms with Gasteiger partial charge in [0.05, 0.1) is 16.3 Å². The van der Waals surface area contributed by atoms with Crippen molar-refractivity contribution in [2.45, 2.75) is 24.8 Å². The van der Waals surface area contributed by atoms with Crippen molar-refractivity contribution in [3.8, 4) is 0 Å². The van der Waals surface area contributed by atoms with E-state index in [0.717, 1.165) is 6.07 Å². The third-order valence-corrected chi connectivity index (χ3v) is 2.92. The van der Waals surface area contributed by atoms with Crippen molar-refractivity contribution in [1.82, 2.24) is 0 Å². The summed E-state index contributed by atoms with van der Waals surface area (Å²) < 4.78 is 74.8. The quantitative estimate of drug-likeness (QED) is 0.812. The van der Waals surface area contributed by atoms with Crippen molar-refractivity contribution < 1.29 is 31.1 Å². The lowest BCUT2D eigenvalue weighted by atomic mass is 10.0. The summed E-state index contributed by atoms with van der Waals surface area (Å²) in [4.78, 5) is 11.5. The minimum atomic E-state index is -5.03. The Balaban J connectivity index is 3.03. The molecule has 3 nitrogen and oxygen atoms in total. The normalized spacial score (nSPS) is 15.5. The fourth-order valence-electron chi connectivity index (χ4n) is 1.17. The van der Waals surface area contributed by atoms with Gasteiger partial charge in [0.25, 0.3) is 5.91 Å². The molecule has 0 spiro atoms. The monoisotopic (exact) mass is 334 g/mol. The van der Waals surface area contributed by atoms with Gasteiger partial charge in [0.1, 0.15) is 0 Å². The number of alkyl halides is 6. The second-order valence-electron chi connectivity index (χ2n) is 4.35. The summed E-state index contributed by atoms with van der Waals surface area (Å²) in [5, 5.41) is 1.19. The molecule has 0 aliphatic heterocycles. The van der Waals surface area contributed by atoms with Crippen LogP contribution in [0.2, 0.25) is 5.02 Å². The highest BCUT2D eigenvalue weighted by atomic mass is 35.5. The van der Waals surface area contributed by atoms with Crippen LogP contribution in [0.3, 0.4) is 0 Å². The summed E-state index contributed by atoms with van der Waals surface area (Å²) in [5.74, 6) is -1.64. The summed E-state index contributed by atoms with van der Waals surface area (Å²) in [6.07, 6.45) is -9.70. The zero-order chi connectivity index (χ0) is 16.6. The van der Waals surface area contributed by atoms with Crippen LogP contribution in [0.25, 0.3) is 0 Å². The molecule has 0 saturated heterocycles. The summed E-state index contributed by atoms with van der Waals surface area (Å²) in [5.41, 5.74) is 0.158. The molecule has 0 bridgehead atoms. The standard InChI is InChI=1S/C11H9ClF6N2O/c1-9(19,11(16,17)18)8(21)20-7-3-2-5(4-6(7)12)10(13,14)15/h2-4H,19H2,1H3,(H,20,21). The second-order valence-corrected chi connectivity index (χ2v) is 4.75. The van der Waals surface area contributed by atoms with Gasteiger partial charge in [-0.1, -0.05) is 11.6 Å². The van der Waals surface area contributed by atoms with Gasteiger partial charge >= 0.3 is 12.4 Å². The molecular formula is C11H9ClF6N2O. The van der Waals surface area contributed by atoms with Gasteiger partial charge in [0.15, 0.2) is 5.54 Å². The molecule has 0 fully saturated rings. The molecule has 1 amide bonds. The number of nitrogens with two attached hydrogens (primary N) is 1. The van der Waals surface area contributed by atoms with Crippen LogP contribution in [0.15, 0.2) is 18.2 Å². The molecule has 1 atom stereocenters. The molecule has 0 aliphatic rings. The van der Waals surface area contributed by atoms with Gasteiger partial charge < -0.3 is 11.1 Å². The van der Waals surface area contributed by atoms with Crippen molar-refractivity contribution in [3.05, 3.63) is 28.8 Å². The average Bonchev–Trinajstić information content (AvgIpc) is 2.28. The van der Waals surface area contributed by atoms with Crippen molar-refractivity contribution >= 4 is 23.2 Å². The highest BCUT2D eigenvalue weighted by molar-refractivity contribution is 6.33. The molecule has 3 N–H and O–H groups in total. The molecule has 0 saturated carbocycles. The average molecular weight is 335 g/mol. The van der Waals surface area contributed by atoms with Crippen LogP contribution in [0.5, 0.6) is 0 Å². The van der Waals surface area contributed by atoms with E-state index in [1.165, 1.54) is 0 Å². The summed E-state index contributed by atoms with van der Waals surface area (Å²) >= 11 is 5.51. The lowest BCUT2D eigenvalue weighted by Crippen LogP contribution is -2.59. The van der Waals surface area contributed by atoms with Crippen LogP contribution < -0.4 is 11.1 Å². The van der Waals surface area contributed by atoms with E-state index in [2.05, 4.69) is 0 Å². The molecule has 1 unspecified atom stereocenters. The van der Waals surface area contributed by atoms with Crippen LogP contribution in [-0.2, 0) is 11.0 Å². The first kappa shape index (κ1) is 17.6. The fraction of sp³-hybridized carbons (Fsp3) is 0.364. The summed E-state index contributed by atoms with van der Waals surface area (Å²) in [7, 11) is 0. The molecule has 21 heavy (non-hydrogen) atoms. The predicted molar refractivity (Wildman–Crippen MR) is 63.7 cm³/mol. The number of halogens is 7. The molecule has 1 aromatic rings. The first-order chi connectivity index (χ1) is 9.26. The van der Waals surface area contributed by atoms with Crippen molar-refractivity contribution in [3.63, 3.8) is 0 Å². The van der Waals surface area contributed by atoms with E-state index < -0.39 is 40.1 Å². The number of carbonyl (C=O) groups is 1. The Morgan fingerprint density at radius 2 is 1.71 bits per heavy atom. The number of carbonyl (C=O) groups excluding carboxylic acids is 1. The van der Waals surface area contributed by atoms with Crippen LogP contribution in [0, 0.1) is 0 Å². The fourth-order valence-corrected chi connectivity index (χ4v) is 1.40. The maximum absolute atomic E-state index is 12.5. The topological polar surface area (TPSA) is 55.1 Å². The number of hydrogen-bond donors (Lipinski definition) is 2.